The molecule has 0 radical (unpaired) electrons. The molecule has 210 valence electrons. The summed E-state index contributed by atoms with van der Waals surface area (Å²) in [5, 5.41) is 23.8. The van der Waals surface area contributed by atoms with E-state index in [0.29, 0.717) is 11.1 Å². The fourth-order valence-electron chi connectivity index (χ4n) is 7.72. The molecule has 0 amide bonds. The molecule has 2 heterocycles. The second-order valence-corrected chi connectivity index (χ2v) is 12.5. The van der Waals surface area contributed by atoms with Crippen LogP contribution in [0.5, 0.6) is 0 Å². The average molecular weight is 575 g/mol. The summed E-state index contributed by atoms with van der Waals surface area (Å²) in [6.07, 6.45) is 0. The SMILES string of the molecule is CC1(C)c2ccccc2-c2c1ccc1c3cc(C#N)ccc3n(-c3cccc(-n4c5ccccc5c5cc(C#N)ccc54)c3)c21. The molecule has 0 fully saturated rings. The summed E-state index contributed by atoms with van der Waals surface area (Å²) < 4.78 is 4.67. The highest BCUT2D eigenvalue weighted by Crippen LogP contribution is 2.53. The summed E-state index contributed by atoms with van der Waals surface area (Å²) in [5.41, 5.74) is 12.8. The van der Waals surface area contributed by atoms with Crippen molar-refractivity contribution in [1.29, 1.82) is 10.5 Å². The zero-order chi connectivity index (χ0) is 30.4. The molecular formula is C41H26N4. The van der Waals surface area contributed by atoms with Crippen LogP contribution in [0.25, 0.3) is 66.1 Å². The van der Waals surface area contributed by atoms with Crippen LogP contribution in [0.4, 0.5) is 0 Å². The van der Waals surface area contributed by atoms with Gasteiger partial charge in [0.25, 0.3) is 0 Å². The van der Waals surface area contributed by atoms with E-state index in [-0.39, 0.29) is 5.41 Å². The Morgan fingerprint density at radius 1 is 0.511 bits per heavy atom. The molecule has 45 heavy (non-hydrogen) atoms. The van der Waals surface area contributed by atoms with E-state index >= 15 is 0 Å². The van der Waals surface area contributed by atoms with Crippen LogP contribution in [0.3, 0.4) is 0 Å². The van der Waals surface area contributed by atoms with Crippen LogP contribution in [-0.4, -0.2) is 9.13 Å². The van der Waals surface area contributed by atoms with Crippen LogP contribution in [0.2, 0.25) is 0 Å². The maximum absolute atomic E-state index is 9.82. The Bertz CT molecular complexity index is 2650. The predicted octanol–water partition coefficient (Wildman–Crippen LogP) is 9.93. The van der Waals surface area contributed by atoms with E-state index in [9.17, 15) is 10.5 Å². The van der Waals surface area contributed by atoms with E-state index in [1.54, 1.807) is 0 Å². The second kappa shape index (κ2) is 8.96. The van der Waals surface area contributed by atoms with Crippen LogP contribution in [0.1, 0.15) is 36.1 Å². The van der Waals surface area contributed by atoms with Gasteiger partial charge in [-0.2, -0.15) is 10.5 Å². The third-order valence-corrected chi connectivity index (χ3v) is 9.75. The van der Waals surface area contributed by atoms with Crippen molar-refractivity contribution in [2.24, 2.45) is 0 Å². The van der Waals surface area contributed by atoms with Crippen molar-refractivity contribution in [2.75, 3.05) is 0 Å². The van der Waals surface area contributed by atoms with Crippen molar-refractivity contribution in [3.05, 3.63) is 144 Å². The Morgan fingerprint density at radius 3 is 1.89 bits per heavy atom. The van der Waals surface area contributed by atoms with Crippen molar-refractivity contribution < 1.29 is 0 Å². The summed E-state index contributed by atoms with van der Waals surface area (Å²) in [6, 6.07) is 47.0. The lowest BCUT2D eigenvalue weighted by Gasteiger charge is -2.21. The van der Waals surface area contributed by atoms with Gasteiger partial charge in [0.1, 0.15) is 0 Å². The molecule has 1 aliphatic rings. The molecule has 1 aliphatic carbocycles. The molecule has 0 aliphatic heterocycles. The van der Waals surface area contributed by atoms with Crippen molar-refractivity contribution in [2.45, 2.75) is 19.3 Å². The van der Waals surface area contributed by atoms with E-state index in [4.69, 9.17) is 0 Å². The quantitative estimate of drug-likeness (QED) is 0.206. The molecular weight excluding hydrogens is 548 g/mol. The minimum absolute atomic E-state index is 0.133. The van der Waals surface area contributed by atoms with E-state index < -0.39 is 0 Å². The average Bonchev–Trinajstić information content (AvgIpc) is 3.67. The normalized spacial score (nSPS) is 13.2. The van der Waals surface area contributed by atoms with Crippen molar-refractivity contribution in [3.8, 4) is 34.6 Å². The second-order valence-electron chi connectivity index (χ2n) is 12.5. The highest BCUT2D eigenvalue weighted by atomic mass is 15.0. The molecule has 0 saturated heterocycles. The first kappa shape index (κ1) is 25.4. The van der Waals surface area contributed by atoms with Gasteiger partial charge in [0, 0.05) is 43.9 Å². The van der Waals surface area contributed by atoms with Crippen LogP contribution < -0.4 is 0 Å². The number of nitriles is 2. The van der Waals surface area contributed by atoms with Gasteiger partial charge in [-0.1, -0.05) is 74.5 Å². The minimum Gasteiger partial charge on any atom is -0.309 e. The number of nitrogens with zero attached hydrogens (tertiary/aromatic N) is 4. The Morgan fingerprint density at radius 2 is 1.13 bits per heavy atom. The molecule has 8 aromatic rings. The molecule has 0 bridgehead atoms. The molecule has 4 heteroatoms. The number of hydrogen-bond donors (Lipinski definition) is 0. The Labute approximate surface area is 260 Å². The first-order chi connectivity index (χ1) is 22.0. The summed E-state index contributed by atoms with van der Waals surface area (Å²) in [4.78, 5) is 0. The molecule has 0 atom stereocenters. The summed E-state index contributed by atoms with van der Waals surface area (Å²) in [6.45, 7) is 4.62. The first-order valence-electron chi connectivity index (χ1n) is 15.2. The van der Waals surface area contributed by atoms with Gasteiger partial charge in [-0.15, -0.1) is 0 Å². The maximum Gasteiger partial charge on any atom is 0.0991 e. The Balaban J connectivity index is 1.39. The monoisotopic (exact) mass is 574 g/mol. The zero-order valence-corrected chi connectivity index (χ0v) is 24.8. The van der Waals surface area contributed by atoms with Crippen LogP contribution in [0, 0.1) is 22.7 Å². The van der Waals surface area contributed by atoms with Gasteiger partial charge in [0.05, 0.1) is 45.3 Å². The molecule has 0 N–H and O–H groups in total. The smallest absolute Gasteiger partial charge is 0.0991 e. The van der Waals surface area contributed by atoms with E-state index in [1.807, 2.05) is 24.3 Å². The third-order valence-electron chi connectivity index (χ3n) is 9.75. The molecule has 0 spiro atoms. The summed E-state index contributed by atoms with van der Waals surface area (Å²) >= 11 is 0. The van der Waals surface area contributed by atoms with Gasteiger partial charge in [-0.05, 0) is 77.4 Å². The molecule has 2 aromatic heterocycles. The lowest BCUT2D eigenvalue weighted by atomic mass is 9.82. The predicted molar refractivity (Wildman–Crippen MR) is 182 cm³/mol. The lowest BCUT2D eigenvalue weighted by Crippen LogP contribution is -2.14. The number of fused-ring (bicyclic) bond motifs is 10. The van der Waals surface area contributed by atoms with Crippen molar-refractivity contribution in [1.82, 2.24) is 9.13 Å². The first-order valence-corrected chi connectivity index (χ1v) is 15.2. The van der Waals surface area contributed by atoms with Crippen LogP contribution in [0.15, 0.2) is 121 Å². The Hall–Kier alpha value is -6.10. The van der Waals surface area contributed by atoms with Gasteiger partial charge in [-0.3, -0.25) is 0 Å². The van der Waals surface area contributed by atoms with E-state index in [0.717, 1.165) is 55.0 Å². The highest BCUT2D eigenvalue weighted by Gasteiger charge is 2.37. The van der Waals surface area contributed by atoms with Crippen LogP contribution in [-0.2, 0) is 5.41 Å². The van der Waals surface area contributed by atoms with Gasteiger partial charge < -0.3 is 9.13 Å². The number of para-hydroxylation sites is 1. The van der Waals surface area contributed by atoms with Gasteiger partial charge in [-0.25, -0.2) is 0 Å². The molecule has 4 nitrogen and oxygen atoms in total. The van der Waals surface area contributed by atoms with E-state index in [2.05, 4.69) is 132 Å². The third kappa shape index (κ3) is 3.34. The van der Waals surface area contributed by atoms with Crippen molar-refractivity contribution in [3.63, 3.8) is 0 Å². The molecule has 6 aromatic carbocycles. The van der Waals surface area contributed by atoms with E-state index in [1.165, 1.54) is 22.3 Å². The topological polar surface area (TPSA) is 57.4 Å². The van der Waals surface area contributed by atoms with Gasteiger partial charge in [0.15, 0.2) is 0 Å². The Kier molecular flexibility index (Phi) is 5.06. The molecule has 9 rings (SSSR count). The maximum atomic E-state index is 9.82. The number of hydrogen-bond acceptors (Lipinski definition) is 2. The fraction of sp³-hybridized carbons (Fsp3) is 0.0732. The lowest BCUT2D eigenvalue weighted by molar-refractivity contribution is 0.661. The summed E-state index contributed by atoms with van der Waals surface area (Å²) in [7, 11) is 0. The largest absolute Gasteiger partial charge is 0.309 e. The minimum atomic E-state index is -0.133. The van der Waals surface area contributed by atoms with Gasteiger partial charge >= 0.3 is 0 Å². The summed E-state index contributed by atoms with van der Waals surface area (Å²) in [5.74, 6) is 0. The highest BCUT2D eigenvalue weighted by molar-refractivity contribution is 6.16. The fourth-order valence-corrected chi connectivity index (χ4v) is 7.72. The van der Waals surface area contributed by atoms with Crippen molar-refractivity contribution >= 4 is 43.6 Å². The number of aromatic nitrogens is 2. The number of rotatable bonds is 2. The van der Waals surface area contributed by atoms with Gasteiger partial charge in [0.2, 0.25) is 0 Å². The zero-order valence-electron chi connectivity index (χ0n) is 24.8. The molecule has 0 saturated carbocycles. The van der Waals surface area contributed by atoms with Crippen LogP contribution >= 0.6 is 0 Å². The molecule has 0 unspecified atom stereocenters. The standard InChI is InChI=1S/C41H26N4/c1-41(2)34-12-5-3-11-31(34)39-35(41)17-16-30-33-21-26(24-43)15-19-38(33)45(40(30)39)28-9-7-8-27(22-28)44-36-13-6-4-10-29(36)32-20-25(23-42)14-18-37(32)44/h3-22H,1-2H3. The number of benzene rings is 6.